The summed E-state index contributed by atoms with van der Waals surface area (Å²) in [6.45, 7) is 0.929. The number of nitrogens with one attached hydrogen (secondary N) is 1. The number of primary amides is 1. The molecule has 4 nitrogen and oxygen atoms in total. The minimum atomic E-state index is -0.417. The second-order valence-corrected chi connectivity index (χ2v) is 4.46. The van der Waals surface area contributed by atoms with E-state index >= 15 is 0 Å². The van der Waals surface area contributed by atoms with Crippen molar-refractivity contribution in [1.82, 2.24) is 0 Å². The van der Waals surface area contributed by atoms with Crippen molar-refractivity contribution in [2.45, 2.75) is 19.3 Å². The van der Waals surface area contributed by atoms with Gasteiger partial charge in [0.15, 0.2) is 0 Å². The van der Waals surface area contributed by atoms with Crippen LogP contribution in [0.1, 0.15) is 29.6 Å². The van der Waals surface area contributed by atoms with E-state index < -0.39 is 5.91 Å². The smallest absolute Gasteiger partial charge is 0.248 e. The second-order valence-electron chi connectivity index (χ2n) is 4.46. The number of amides is 1. The van der Waals surface area contributed by atoms with Crippen molar-refractivity contribution in [2.75, 3.05) is 19.0 Å². The monoisotopic (exact) mass is 234 g/mol. The number of methoxy groups -OCH3 is 1. The summed E-state index contributed by atoms with van der Waals surface area (Å²) in [4.78, 5) is 11.1. The Morgan fingerprint density at radius 2 is 2.29 bits per heavy atom. The van der Waals surface area contributed by atoms with Crippen LogP contribution in [0.15, 0.2) is 18.2 Å². The molecule has 2 rings (SSSR count). The maximum atomic E-state index is 11.1. The van der Waals surface area contributed by atoms with Gasteiger partial charge >= 0.3 is 0 Å². The summed E-state index contributed by atoms with van der Waals surface area (Å²) in [5.74, 6) is 1.07. The Morgan fingerprint density at radius 3 is 2.82 bits per heavy atom. The van der Waals surface area contributed by atoms with Gasteiger partial charge in [0.2, 0.25) is 5.91 Å². The van der Waals surface area contributed by atoms with Crippen LogP contribution in [0.5, 0.6) is 5.75 Å². The van der Waals surface area contributed by atoms with E-state index in [4.69, 9.17) is 10.5 Å². The number of rotatable bonds is 5. The van der Waals surface area contributed by atoms with E-state index in [0.29, 0.717) is 5.56 Å². The number of carbonyl (C=O) groups excluding carboxylic acids is 1. The van der Waals surface area contributed by atoms with Crippen molar-refractivity contribution in [3.8, 4) is 5.75 Å². The zero-order valence-corrected chi connectivity index (χ0v) is 10.0. The predicted octanol–water partition coefficient (Wildman–Crippen LogP) is 2.01. The van der Waals surface area contributed by atoms with Gasteiger partial charge in [0.25, 0.3) is 0 Å². The molecule has 1 aliphatic rings. The Hall–Kier alpha value is -1.71. The van der Waals surface area contributed by atoms with E-state index in [2.05, 4.69) is 5.32 Å². The summed E-state index contributed by atoms with van der Waals surface area (Å²) in [6.07, 6.45) is 3.89. The third kappa shape index (κ3) is 2.70. The van der Waals surface area contributed by atoms with Gasteiger partial charge in [-0.05, 0) is 37.0 Å². The molecule has 1 aromatic rings. The molecule has 0 radical (unpaired) electrons. The van der Waals surface area contributed by atoms with Crippen LogP contribution in [0.4, 0.5) is 5.69 Å². The Kier molecular flexibility index (Phi) is 3.52. The predicted molar refractivity (Wildman–Crippen MR) is 67.3 cm³/mol. The highest BCUT2D eigenvalue weighted by Gasteiger charge is 2.17. The zero-order chi connectivity index (χ0) is 12.3. The van der Waals surface area contributed by atoms with E-state index in [-0.39, 0.29) is 0 Å². The fourth-order valence-corrected chi connectivity index (χ4v) is 1.95. The summed E-state index contributed by atoms with van der Waals surface area (Å²) in [7, 11) is 1.62. The van der Waals surface area contributed by atoms with Gasteiger partial charge in [0.1, 0.15) is 5.75 Å². The highest BCUT2D eigenvalue weighted by Crippen LogP contribution is 2.29. The molecule has 0 unspecified atom stereocenters. The first-order valence-electron chi connectivity index (χ1n) is 5.92. The van der Waals surface area contributed by atoms with Crippen molar-refractivity contribution in [1.29, 1.82) is 0 Å². The normalized spacial score (nSPS) is 15.1. The molecule has 0 bridgehead atoms. The molecule has 1 aliphatic carbocycles. The van der Waals surface area contributed by atoms with E-state index in [1.54, 1.807) is 25.3 Å². The minimum absolute atomic E-state index is 0.417. The Balaban J connectivity index is 2.10. The first-order chi connectivity index (χ1) is 8.20. The van der Waals surface area contributed by atoms with Crippen LogP contribution in [0, 0.1) is 5.92 Å². The Morgan fingerprint density at radius 1 is 1.53 bits per heavy atom. The van der Waals surface area contributed by atoms with Crippen molar-refractivity contribution >= 4 is 11.6 Å². The number of hydrogen-bond acceptors (Lipinski definition) is 3. The summed E-state index contributed by atoms with van der Waals surface area (Å²) in [5.41, 5.74) is 6.60. The van der Waals surface area contributed by atoms with Crippen LogP contribution in [0.2, 0.25) is 0 Å². The Labute approximate surface area is 101 Å². The van der Waals surface area contributed by atoms with Gasteiger partial charge in [0, 0.05) is 12.1 Å². The highest BCUT2D eigenvalue weighted by atomic mass is 16.5. The third-order valence-corrected chi connectivity index (χ3v) is 3.29. The average molecular weight is 234 g/mol. The molecule has 1 saturated carbocycles. The molecule has 1 amide bonds. The van der Waals surface area contributed by atoms with E-state index in [0.717, 1.165) is 23.9 Å². The molecule has 0 aliphatic heterocycles. The van der Waals surface area contributed by atoms with Gasteiger partial charge in [0.05, 0.1) is 12.8 Å². The maximum Gasteiger partial charge on any atom is 0.248 e. The van der Waals surface area contributed by atoms with E-state index in [1.807, 2.05) is 0 Å². The molecule has 0 spiro atoms. The van der Waals surface area contributed by atoms with Crippen LogP contribution >= 0.6 is 0 Å². The summed E-state index contributed by atoms with van der Waals surface area (Å²) < 4.78 is 5.25. The van der Waals surface area contributed by atoms with Crippen molar-refractivity contribution < 1.29 is 9.53 Å². The molecule has 17 heavy (non-hydrogen) atoms. The maximum absolute atomic E-state index is 11.1. The number of anilines is 1. The van der Waals surface area contributed by atoms with Crippen LogP contribution in [0.3, 0.4) is 0 Å². The van der Waals surface area contributed by atoms with Gasteiger partial charge in [-0.1, -0.05) is 6.42 Å². The summed E-state index contributed by atoms with van der Waals surface area (Å²) >= 11 is 0. The third-order valence-electron chi connectivity index (χ3n) is 3.29. The van der Waals surface area contributed by atoms with E-state index in [9.17, 15) is 4.79 Å². The van der Waals surface area contributed by atoms with Crippen LogP contribution in [-0.2, 0) is 0 Å². The molecular formula is C13H18N2O2. The highest BCUT2D eigenvalue weighted by molar-refractivity contribution is 5.94. The van der Waals surface area contributed by atoms with Crippen molar-refractivity contribution in [3.05, 3.63) is 23.8 Å². The zero-order valence-electron chi connectivity index (χ0n) is 10.0. The van der Waals surface area contributed by atoms with Gasteiger partial charge in [-0.2, -0.15) is 0 Å². The molecule has 0 aromatic heterocycles. The second kappa shape index (κ2) is 5.08. The van der Waals surface area contributed by atoms with Crippen LogP contribution in [-0.4, -0.2) is 19.6 Å². The molecule has 3 N–H and O–H groups in total. The van der Waals surface area contributed by atoms with Gasteiger partial charge in [-0.15, -0.1) is 0 Å². The number of hydrogen-bond donors (Lipinski definition) is 2. The van der Waals surface area contributed by atoms with E-state index in [1.165, 1.54) is 19.3 Å². The average Bonchev–Trinajstić information content (AvgIpc) is 2.26. The lowest BCUT2D eigenvalue weighted by Gasteiger charge is -2.26. The topological polar surface area (TPSA) is 64.3 Å². The fraction of sp³-hybridized carbons (Fsp3) is 0.462. The molecule has 4 heteroatoms. The lowest BCUT2D eigenvalue weighted by molar-refractivity contribution is 0.100. The number of nitrogens with two attached hydrogens (primary N) is 1. The largest absolute Gasteiger partial charge is 0.495 e. The van der Waals surface area contributed by atoms with Gasteiger partial charge < -0.3 is 15.8 Å². The molecular weight excluding hydrogens is 216 g/mol. The SMILES string of the molecule is COc1ccc(C(N)=O)cc1NCC1CCC1. The lowest BCUT2D eigenvalue weighted by atomic mass is 9.85. The number of ether oxygens (including phenoxy) is 1. The van der Waals surface area contributed by atoms with Gasteiger partial charge in [-0.3, -0.25) is 4.79 Å². The first kappa shape index (κ1) is 11.8. The van der Waals surface area contributed by atoms with Crippen molar-refractivity contribution in [2.24, 2.45) is 11.7 Å². The lowest BCUT2D eigenvalue weighted by Crippen LogP contribution is -2.21. The van der Waals surface area contributed by atoms with Gasteiger partial charge in [-0.25, -0.2) is 0 Å². The minimum Gasteiger partial charge on any atom is -0.495 e. The molecule has 0 heterocycles. The quantitative estimate of drug-likeness (QED) is 0.819. The fourth-order valence-electron chi connectivity index (χ4n) is 1.95. The standard InChI is InChI=1S/C13H18N2O2/c1-17-12-6-5-10(13(14)16)7-11(12)15-8-9-3-2-4-9/h5-7,9,15H,2-4,8H2,1H3,(H2,14,16). The summed E-state index contributed by atoms with van der Waals surface area (Å²) in [5, 5.41) is 3.33. The number of carbonyl (C=O) groups is 1. The summed E-state index contributed by atoms with van der Waals surface area (Å²) in [6, 6.07) is 5.19. The molecule has 0 saturated heterocycles. The van der Waals surface area contributed by atoms with Crippen LogP contribution < -0.4 is 15.8 Å². The number of benzene rings is 1. The molecule has 1 fully saturated rings. The molecule has 0 atom stereocenters. The van der Waals surface area contributed by atoms with Crippen molar-refractivity contribution in [3.63, 3.8) is 0 Å². The molecule has 92 valence electrons. The first-order valence-corrected chi connectivity index (χ1v) is 5.92. The Bertz CT molecular complexity index is 414. The molecule has 1 aromatic carbocycles. The van der Waals surface area contributed by atoms with Crippen LogP contribution in [0.25, 0.3) is 0 Å².